The molecule has 0 atom stereocenters. The fraction of sp³-hybridized carbons (Fsp3) is 0.462. The summed E-state index contributed by atoms with van der Waals surface area (Å²) in [4.78, 5) is 0.329. The molecule has 0 bridgehead atoms. The monoisotopic (exact) mass is 270 g/mol. The smallest absolute Gasteiger partial charge is 0.105 e. The Kier molecular flexibility index (Phi) is 4.78. The van der Waals surface area contributed by atoms with Crippen molar-refractivity contribution in [2.75, 3.05) is 11.9 Å². The van der Waals surface area contributed by atoms with Gasteiger partial charge in [0.25, 0.3) is 0 Å². The zero-order valence-electron chi connectivity index (χ0n) is 10.5. The maximum atomic E-state index is 6.10. The Morgan fingerprint density at radius 2 is 2.12 bits per heavy atom. The molecule has 1 rings (SSSR count). The van der Waals surface area contributed by atoms with Crippen LogP contribution in [0.2, 0.25) is 5.02 Å². The van der Waals surface area contributed by atoms with Crippen molar-refractivity contribution in [3.8, 4) is 0 Å². The standard InChI is InChI=1S/C13H19ClN2S/c1-4-13(2,3)8-16-9-5-6-10(12(15)17)11(14)7-9/h5-7,16H,4,8H2,1-3H3,(H2,15,17). The fourth-order valence-electron chi connectivity index (χ4n) is 1.29. The van der Waals surface area contributed by atoms with Crippen LogP contribution in [-0.2, 0) is 0 Å². The average molecular weight is 271 g/mol. The first-order valence-electron chi connectivity index (χ1n) is 5.69. The topological polar surface area (TPSA) is 38.0 Å². The molecule has 0 spiro atoms. The molecule has 94 valence electrons. The molecular weight excluding hydrogens is 252 g/mol. The second kappa shape index (κ2) is 5.69. The summed E-state index contributed by atoms with van der Waals surface area (Å²) in [7, 11) is 0. The number of halogens is 1. The summed E-state index contributed by atoms with van der Waals surface area (Å²) in [5, 5.41) is 3.97. The lowest BCUT2D eigenvalue weighted by molar-refractivity contribution is 0.377. The molecule has 0 amide bonds. The average Bonchev–Trinajstić information content (AvgIpc) is 2.26. The van der Waals surface area contributed by atoms with Gasteiger partial charge in [-0.25, -0.2) is 0 Å². The van der Waals surface area contributed by atoms with Gasteiger partial charge in [-0.1, -0.05) is 44.6 Å². The van der Waals surface area contributed by atoms with Crippen LogP contribution >= 0.6 is 23.8 Å². The first-order chi connectivity index (χ1) is 7.85. The Hall–Kier alpha value is -0.800. The summed E-state index contributed by atoms with van der Waals surface area (Å²) in [6.07, 6.45) is 1.12. The molecule has 3 N–H and O–H groups in total. The lowest BCUT2D eigenvalue weighted by atomic mass is 9.90. The molecule has 0 fully saturated rings. The van der Waals surface area contributed by atoms with Gasteiger partial charge in [0.1, 0.15) is 4.99 Å². The number of nitrogens with one attached hydrogen (secondary N) is 1. The number of hydrogen-bond acceptors (Lipinski definition) is 2. The highest BCUT2D eigenvalue weighted by atomic mass is 35.5. The van der Waals surface area contributed by atoms with Crippen LogP contribution in [0.25, 0.3) is 0 Å². The van der Waals surface area contributed by atoms with Crippen LogP contribution in [0.1, 0.15) is 32.8 Å². The summed E-state index contributed by atoms with van der Waals surface area (Å²) in [5.74, 6) is 0. The van der Waals surface area contributed by atoms with E-state index in [1.807, 2.05) is 18.2 Å². The van der Waals surface area contributed by atoms with Crippen LogP contribution in [0.3, 0.4) is 0 Å². The minimum absolute atomic E-state index is 0.272. The molecule has 0 saturated carbocycles. The van der Waals surface area contributed by atoms with E-state index in [2.05, 4.69) is 26.1 Å². The van der Waals surface area contributed by atoms with E-state index in [0.29, 0.717) is 10.0 Å². The van der Waals surface area contributed by atoms with Gasteiger partial charge in [-0.2, -0.15) is 0 Å². The highest BCUT2D eigenvalue weighted by Crippen LogP contribution is 2.24. The maximum Gasteiger partial charge on any atom is 0.105 e. The van der Waals surface area contributed by atoms with Gasteiger partial charge >= 0.3 is 0 Å². The molecule has 17 heavy (non-hydrogen) atoms. The van der Waals surface area contributed by atoms with Crippen molar-refractivity contribution in [2.45, 2.75) is 27.2 Å². The predicted molar refractivity (Wildman–Crippen MR) is 79.9 cm³/mol. The van der Waals surface area contributed by atoms with Crippen molar-refractivity contribution >= 4 is 34.5 Å². The van der Waals surface area contributed by atoms with Crippen LogP contribution < -0.4 is 11.1 Å². The van der Waals surface area contributed by atoms with Gasteiger partial charge in [0.05, 0.1) is 5.02 Å². The number of benzene rings is 1. The summed E-state index contributed by atoms with van der Waals surface area (Å²) in [5.41, 5.74) is 7.55. The van der Waals surface area contributed by atoms with Crippen molar-refractivity contribution in [3.05, 3.63) is 28.8 Å². The van der Waals surface area contributed by atoms with E-state index in [-0.39, 0.29) is 5.41 Å². The minimum Gasteiger partial charge on any atom is -0.389 e. The summed E-state index contributed by atoms with van der Waals surface area (Å²) in [6, 6.07) is 5.67. The third-order valence-electron chi connectivity index (χ3n) is 2.96. The second-order valence-corrected chi connectivity index (χ2v) is 5.78. The number of rotatable bonds is 5. The zero-order valence-corrected chi connectivity index (χ0v) is 12.1. The van der Waals surface area contributed by atoms with Gasteiger partial charge in [0.15, 0.2) is 0 Å². The maximum absolute atomic E-state index is 6.10. The molecule has 2 nitrogen and oxygen atoms in total. The molecular formula is C13H19ClN2S. The molecule has 0 radical (unpaired) electrons. The first kappa shape index (κ1) is 14.3. The number of nitrogens with two attached hydrogens (primary N) is 1. The van der Waals surface area contributed by atoms with E-state index in [1.54, 1.807) is 0 Å². The molecule has 0 aromatic heterocycles. The third-order valence-corrected chi connectivity index (χ3v) is 3.50. The molecule has 0 aliphatic heterocycles. The van der Waals surface area contributed by atoms with Crippen molar-refractivity contribution in [3.63, 3.8) is 0 Å². The highest BCUT2D eigenvalue weighted by molar-refractivity contribution is 7.80. The van der Waals surface area contributed by atoms with Gasteiger partial charge in [0.2, 0.25) is 0 Å². The van der Waals surface area contributed by atoms with Gasteiger partial charge in [-0.05, 0) is 30.0 Å². The number of thiocarbonyl (C=S) groups is 1. The highest BCUT2D eigenvalue weighted by Gasteiger charge is 2.14. The molecule has 1 aromatic carbocycles. The molecule has 1 aromatic rings. The van der Waals surface area contributed by atoms with Crippen molar-refractivity contribution in [2.24, 2.45) is 11.1 Å². The lowest BCUT2D eigenvalue weighted by Crippen LogP contribution is -2.22. The van der Waals surface area contributed by atoms with Crippen LogP contribution in [0.15, 0.2) is 18.2 Å². The summed E-state index contributed by atoms with van der Waals surface area (Å²) >= 11 is 11.0. The lowest BCUT2D eigenvalue weighted by Gasteiger charge is -2.23. The molecule has 0 saturated heterocycles. The van der Waals surface area contributed by atoms with E-state index < -0.39 is 0 Å². The minimum atomic E-state index is 0.272. The van der Waals surface area contributed by atoms with E-state index >= 15 is 0 Å². The van der Waals surface area contributed by atoms with Gasteiger partial charge in [-0.3, -0.25) is 0 Å². The van der Waals surface area contributed by atoms with E-state index in [0.717, 1.165) is 24.2 Å². The quantitative estimate of drug-likeness (QED) is 0.799. The first-order valence-corrected chi connectivity index (χ1v) is 6.47. The summed E-state index contributed by atoms with van der Waals surface area (Å²) in [6.45, 7) is 7.55. The molecule has 0 aliphatic carbocycles. The van der Waals surface area contributed by atoms with Gasteiger partial charge in [0, 0.05) is 17.8 Å². The predicted octanol–water partition coefficient (Wildman–Crippen LogP) is 3.82. The largest absolute Gasteiger partial charge is 0.389 e. The van der Waals surface area contributed by atoms with Crippen LogP contribution in [0.5, 0.6) is 0 Å². The van der Waals surface area contributed by atoms with Crippen LogP contribution in [0, 0.1) is 5.41 Å². The third kappa shape index (κ3) is 4.17. The Bertz CT molecular complexity index is 416. The molecule has 0 unspecified atom stereocenters. The van der Waals surface area contributed by atoms with E-state index in [1.165, 1.54) is 0 Å². The van der Waals surface area contributed by atoms with Crippen LogP contribution in [-0.4, -0.2) is 11.5 Å². The van der Waals surface area contributed by atoms with E-state index in [9.17, 15) is 0 Å². The van der Waals surface area contributed by atoms with E-state index in [4.69, 9.17) is 29.6 Å². The fourth-order valence-corrected chi connectivity index (χ4v) is 1.81. The van der Waals surface area contributed by atoms with Gasteiger partial charge in [-0.15, -0.1) is 0 Å². The van der Waals surface area contributed by atoms with Crippen LogP contribution in [0.4, 0.5) is 5.69 Å². The second-order valence-electron chi connectivity index (χ2n) is 4.93. The number of anilines is 1. The Morgan fingerprint density at radius 1 is 1.47 bits per heavy atom. The summed E-state index contributed by atoms with van der Waals surface area (Å²) < 4.78 is 0. The molecule has 4 heteroatoms. The van der Waals surface area contributed by atoms with Crippen molar-refractivity contribution in [1.82, 2.24) is 0 Å². The van der Waals surface area contributed by atoms with Crippen molar-refractivity contribution in [1.29, 1.82) is 0 Å². The van der Waals surface area contributed by atoms with Gasteiger partial charge < -0.3 is 11.1 Å². The SMILES string of the molecule is CCC(C)(C)CNc1ccc(C(N)=S)c(Cl)c1. The number of hydrogen-bond donors (Lipinski definition) is 2. The molecule has 0 aliphatic rings. The Balaban J connectivity index is 2.75. The zero-order chi connectivity index (χ0) is 13.1. The molecule has 0 heterocycles. The van der Waals surface area contributed by atoms with Crippen molar-refractivity contribution < 1.29 is 0 Å². The Morgan fingerprint density at radius 3 is 2.59 bits per heavy atom. The Labute approximate surface area is 114 Å². The normalized spacial score (nSPS) is 11.3.